The summed E-state index contributed by atoms with van der Waals surface area (Å²) in [6.07, 6.45) is 1.22. The van der Waals surface area contributed by atoms with E-state index in [0.29, 0.717) is 0 Å². The number of aromatic nitrogens is 1. The Morgan fingerprint density at radius 3 is 2.78 bits per heavy atom. The lowest BCUT2D eigenvalue weighted by atomic mass is 10.3. The van der Waals surface area contributed by atoms with Crippen molar-refractivity contribution in [2.75, 3.05) is 31.5 Å². The zero-order valence-electron chi connectivity index (χ0n) is 11.1. The van der Waals surface area contributed by atoms with Crippen molar-refractivity contribution in [3.05, 3.63) is 24.3 Å². The molecule has 98 valence electrons. The maximum absolute atomic E-state index is 4.57. The number of hydrogen-bond donors (Lipinski definition) is 1. The Balaban J connectivity index is 1.86. The third kappa shape index (κ3) is 3.43. The van der Waals surface area contributed by atoms with Crippen LogP contribution in [0.3, 0.4) is 0 Å². The van der Waals surface area contributed by atoms with Gasteiger partial charge in [-0.05, 0) is 31.6 Å². The van der Waals surface area contributed by atoms with Crippen molar-refractivity contribution in [2.24, 2.45) is 0 Å². The molecule has 4 heteroatoms. The molecular weight excluding hydrogens is 242 g/mol. The first-order valence-electron chi connectivity index (χ1n) is 6.65. The number of likely N-dealkylation sites (N-methyl/N-ethyl adjacent to an activating group) is 1. The lowest BCUT2D eigenvalue weighted by Crippen LogP contribution is -2.29. The smallest absolute Gasteiger partial charge is 0.183 e. The molecule has 0 unspecified atom stereocenters. The van der Waals surface area contributed by atoms with Gasteiger partial charge < -0.3 is 10.2 Å². The number of benzene rings is 1. The van der Waals surface area contributed by atoms with Crippen molar-refractivity contribution < 1.29 is 0 Å². The van der Waals surface area contributed by atoms with E-state index >= 15 is 0 Å². The highest BCUT2D eigenvalue weighted by atomic mass is 32.1. The maximum atomic E-state index is 4.57. The largest absolute Gasteiger partial charge is 0.360 e. The average molecular weight is 263 g/mol. The molecule has 1 heterocycles. The highest BCUT2D eigenvalue weighted by molar-refractivity contribution is 7.22. The molecule has 1 N–H and O–H groups in total. The summed E-state index contributed by atoms with van der Waals surface area (Å²) in [7, 11) is 0. The molecule has 0 fully saturated rings. The van der Waals surface area contributed by atoms with Crippen LogP contribution in [0.4, 0.5) is 5.13 Å². The normalized spacial score (nSPS) is 11.3. The van der Waals surface area contributed by atoms with E-state index in [2.05, 4.69) is 47.2 Å². The number of thiazole rings is 1. The van der Waals surface area contributed by atoms with Crippen molar-refractivity contribution in [3.63, 3.8) is 0 Å². The fourth-order valence-electron chi connectivity index (χ4n) is 2.01. The highest BCUT2D eigenvalue weighted by Gasteiger charge is 2.03. The molecule has 0 saturated heterocycles. The van der Waals surface area contributed by atoms with Gasteiger partial charge in [0.15, 0.2) is 5.13 Å². The van der Waals surface area contributed by atoms with Gasteiger partial charge in [0.05, 0.1) is 10.2 Å². The van der Waals surface area contributed by atoms with Gasteiger partial charge in [0.1, 0.15) is 0 Å². The number of hydrogen-bond acceptors (Lipinski definition) is 4. The number of fused-ring (bicyclic) bond motifs is 1. The van der Waals surface area contributed by atoms with E-state index in [1.54, 1.807) is 11.3 Å². The molecule has 0 aliphatic rings. The molecule has 0 atom stereocenters. The molecule has 0 bridgehead atoms. The third-order valence-electron chi connectivity index (χ3n) is 2.99. The predicted octanol–water partition coefficient (Wildman–Crippen LogP) is 3.44. The summed E-state index contributed by atoms with van der Waals surface area (Å²) in [4.78, 5) is 7.03. The van der Waals surface area contributed by atoms with E-state index in [1.165, 1.54) is 17.7 Å². The first kappa shape index (κ1) is 13.3. The summed E-state index contributed by atoms with van der Waals surface area (Å²) in [6, 6.07) is 8.27. The van der Waals surface area contributed by atoms with Gasteiger partial charge in [0.2, 0.25) is 0 Å². The van der Waals surface area contributed by atoms with Crippen LogP contribution in [0.2, 0.25) is 0 Å². The maximum Gasteiger partial charge on any atom is 0.183 e. The van der Waals surface area contributed by atoms with Crippen LogP contribution in [0.5, 0.6) is 0 Å². The van der Waals surface area contributed by atoms with Crippen LogP contribution in [0.1, 0.15) is 20.3 Å². The van der Waals surface area contributed by atoms with E-state index < -0.39 is 0 Å². The quantitative estimate of drug-likeness (QED) is 0.829. The predicted molar refractivity (Wildman–Crippen MR) is 80.5 cm³/mol. The van der Waals surface area contributed by atoms with Crippen molar-refractivity contribution in [3.8, 4) is 0 Å². The molecule has 1 aromatic carbocycles. The summed E-state index contributed by atoms with van der Waals surface area (Å²) in [5.74, 6) is 0. The van der Waals surface area contributed by atoms with Crippen molar-refractivity contribution >= 4 is 26.7 Å². The van der Waals surface area contributed by atoms with Crippen molar-refractivity contribution in [1.29, 1.82) is 0 Å². The van der Waals surface area contributed by atoms with Gasteiger partial charge in [0, 0.05) is 13.1 Å². The minimum Gasteiger partial charge on any atom is -0.360 e. The second kappa shape index (κ2) is 6.71. The molecule has 18 heavy (non-hydrogen) atoms. The minimum atomic E-state index is 0.966. The SMILES string of the molecule is CCCN(CC)CCNc1nc2ccccc2s1. The number of para-hydroxylation sites is 1. The number of rotatable bonds is 7. The molecular formula is C14H21N3S. The topological polar surface area (TPSA) is 28.2 Å². The first-order chi connectivity index (χ1) is 8.83. The fourth-order valence-corrected chi connectivity index (χ4v) is 2.90. The van der Waals surface area contributed by atoms with Gasteiger partial charge in [-0.2, -0.15) is 0 Å². The van der Waals surface area contributed by atoms with Crippen LogP contribution in [-0.4, -0.2) is 36.1 Å². The van der Waals surface area contributed by atoms with Crippen LogP contribution in [0, 0.1) is 0 Å². The lowest BCUT2D eigenvalue weighted by Gasteiger charge is -2.19. The Morgan fingerprint density at radius 1 is 1.22 bits per heavy atom. The highest BCUT2D eigenvalue weighted by Crippen LogP contribution is 2.24. The van der Waals surface area contributed by atoms with Gasteiger partial charge in [0.25, 0.3) is 0 Å². The van der Waals surface area contributed by atoms with E-state index in [-0.39, 0.29) is 0 Å². The summed E-state index contributed by atoms with van der Waals surface area (Å²) in [5.41, 5.74) is 1.09. The van der Waals surface area contributed by atoms with E-state index in [9.17, 15) is 0 Å². The number of nitrogens with one attached hydrogen (secondary N) is 1. The Morgan fingerprint density at radius 2 is 2.06 bits per heavy atom. The Hall–Kier alpha value is -1.13. The summed E-state index contributed by atoms with van der Waals surface area (Å²) in [5, 5.41) is 4.45. The molecule has 3 nitrogen and oxygen atoms in total. The van der Waals surface area contributed by atoms with Crippen LogP contribution in [-0.2, 0) is 0 Å². The van der Waals surface area contributed by atoms with Crippen LogP contribution < -0.4 is 5.32 Å². The minimum absolute atomic E-state index is 0.966. The van der Waals surface area contributed by atoms with Crippen molar-refractivity contribution in [1.82, 2.24) is 9.88 Å². The summed E-state index contributed by atoms with van der Waals surface area (Å²) < 4.78 is 1.25. The summed E-state index contributed by atoms with van der Waals surface area (Å²) >= 11 is 1.73. The second-order valence-electron chi connectivity index (χ2n) is 4.35. The van der Waals surface area contributed by atoms with Gasteiger partial charge in [-0.15, -0.1) is 0 Å². The monoisotopic (exact) mass is 263 g/mol. The number of nitrogens with zero attached hydrogens (tertiary/aromatic N) is 2. The standard InChI is InChI=1S/C14H21N3S/c1-3-10-17(4-2)11-9-15-14-16-12-7-5-6-8-13(12)18-14/h5-8H,3-4,9-11H2,1-2H3,(H,15,16). The van der Waals surface area contributed by atoms with E-state index in [1.807, 2.05) is 6.07 Å². The van der Waals surface area contributed by atoms with Crippen LogP contribution in [0.15, 0.2) is 24.3 Å². The van der Waals surface area contributed by atoms with Crippen molar-refractivity contribution in [2.45, 2.75) is 20.3 Å². The molecule has 0 radical (unpaired) electrons. The Kier molecular flexibility index (Phi) is 4.96. The zero-order chi connectivity index (χ0) is 12.8. The molecule has 0 spiro atoms. The first-order valence-corrected chi connectivity index (χ1v) is 7.47. The summed E-state index contributed by atoms with van der Waals surface area (Å²) in [6.45, 7) is 8.79. The van der Waals surface area contributed by atoms with Gasteiger partial charge in [-0.25, -0.2) is 4.98 Å². The Bertz CT molecular complexity index is 448. The molecule has 0 aliphatic heterocycles. The Labute approximate surface area is 113 Å². The zero-order valence-corrected chi connectivity index (χ0v) is 12.0. The van der Waals surface area contributed by atoms with E-state index in [0.717, 1.165) is 30.3 Å². The average Bonchev–Trinajstić information content (AvgIpc) is 2.80. The molecule has 0 saturated carbocycles. The molecule has 0 amide bonds. The number of anilines is 1. The van der Waals surface area contributed by atoms with E-state index in [4.69, 9.17) is 0 Å². The van der Waals surface area contributed by atoms with Gasteiger partial charge >= 0.3 is 0 Å². The van der Waals surface area contributed by atoms with Crippen LogP contribution in [0.25, 0.3) is 10.2 Å². The fraction of sp³-hybridized carbons (Fsp3) is 0.500. The molecule has 2 aromatic rings. The van der Waals surface area contributed by atoms with Gasteiger partial charge in [-0.3, -0.25) is 0 Å². The molecule has 0 aliphatic carbocycles. The van der Waals surface area contributed by atoms with Gasteiger partial charge in [-0.1, -0.05) is 37.3 Å². The second-order valence-corrected chi connectivity index (χ2v) is 5.38. The third-order valence-corrected chi connectivity index (χ3v) is 3.98. The lowest BCUT2D eigenvalue weighted by molar-refractivity contribution is 0.300. The molecule has 2 rings (SSSR count). The van der Waals surface area contributed by atoms with Crippen LogP contribution >= 0.6 is 11.3 Å². The molecule has 1 aromatic heterocycles.